The highest BCUT2D eigenvalue weighted by molar-refractivity contribution is 5.42. The van der Waals surface area contributed by atoms with Crippen molar-refractivity contribution in [3.8, 4) is 5.75 Å². The summed E-state index contributed by atoms with van der Waals surface area (Å²) in [7, 11) is 1.47. The second-order valence-electron chi connectivity index (χ2n) is 5.21. The fourth-order valence-corrected chi connectivity index (χ4v) is 1.98. The maximum atomic E-state index is 10.8. The summed E-state index contributed by atoms with van der Waals surface area (Å²) in [6.07, 6.45) is 0.321. The molecule has 0 fully saturated rings. The quantitative estimate of drug-likeness (QED) is 0.563. The van der Waals surface area contributed by atoms with Crippen LogP contribution in [0.2, 0.25) is 0 Å². The third-order valence-electron chi connectivity index (χ3n) is 2.85. The van der Waals surface area contributed by atoms with Crippen LogP contribution in [0.3, 0.4) is 0 Å². The van der Waals surface area contributed by atoms with Gasteiger partial charge < -0.3 is 15.2 Å². The summed E-state index contributed by atoms with van der Waals surface area (Å²) < 4.78 is 5.04. The van der Waals surface area contributed by atoms with E-state index in [9.17, 15) is 15.2 Å². The van der Waals surface area contributed by atoms with Crippen molar-refractivity contribution in [2.75, 3.05) is 13.7 Å². The van der Waals surface area contributed by atoms with Gasteiger partial charge in [0.1, 0.15) is 5.75 Å². The Morgan fingerprint density at radius 3 is 2.65 bits per heavy atom. The number of nitro groups is 1. The van der Waals surface area contributed by atoms with Gasteiger partial charge in [0.2, 0.25) is 0 Å². The second kappa shape index (κ2) is 7.81. The van der Waals surface area contributed by atoms with Gasteiger partial charge in [-0.1, -0.05) is 13.8 Å². The Labute approximate surface area is 118 Å². The Hall–Kier alpha value is -1.66. The van der Waals surface area contributed by atoms with Gasteiger partial charge in [-0.2, -0.15) is 0 Å². The van der Waals surface area contributed by atoms with Crippen LogP contribution < -0.4 is 10.1 Å². The molecule has 1 atom stereocenters. The van der Waals surface area contributed by atoms with Gasteiger partial charge >= 0.3 is 0 Å². The fraction of sp³-hybridized carbons (Fsp3) is 0.571. The third-order valence-corrected chi connectivity index (χ3v) is 2.85. The number of ether oxygens (including phenoxy) is 1. The van der Waals surface area contributed by atoms with Gasteiger partial charge in [-0.25, -0.2) is 0 Å². The lowest BCUT2D eigenvalue weighted by Crippen LogP contribution is -2.27. The molecule has 0 aliphatic heterocycles. The number of hydrogen-bond donors (Lipinski definition) is 2. The van der Waals surface area contributed by atoms with Crippen molar-refractivity contribution < 1.29 is 14.8 Å². The first-order valence-electron chi connectivity index (χ1n) is 6.63. The van der Waals surface area contributed by atoms with E-state index in [0.29, 0.717) is 24.8 Å². The number of nitro benzene ring substituents is 1. The van der Waals surface area contributed by atoms with Crippen LogP contribution in [-0.4, -0.2) is 29.8 Å². The standard InChI is InChI=1S/C14H22N2O4/c1-10(2)4-13(17)9-15-8-11-5-12(16(18)19)7-14(6-11)20-3/h5-7,10,13,15,17H,4,8-9H2,1-3H3. The highest BCUT2D eigenvalue weighted by Gasteiger charge is 2.11. The number of nitrogens with zero attached hydrogens (tertiary/aromatic N) is 1. The zero-order valence-corrected chi connectivity index (χ0v) is 12.1. The van der Waals surface area contributed by atoms with Crippen LogP contribution in [0.5, 0.6) is 5.75 Å². The molecule has 0 aliphatic rings. The molecule has 0 bridgehead atoms. The lowest BCUT2D eigenvalue weighted by Gasteiger charge is -2.14. The highest BCUT2D eigenvalue weighted by atomic mass is 16.6. The molecule has 0 spiro atoms. The molecule has 0 saturated carbocycles. The molecule has 6 heteroatoms. The van der Waals surface area contributed by atoms with Crippen LogP contribution in [0.15, 0.2) is 18.2 Å². The molecule has 1 rings (SSSR count). The molecule has 6 nitrogen and oxygen atoms in total. The smallest absolute Gasteiger partial charge is 0.273 e. The van der Waals surface area contributed by atoms with Crippen molar-refractivity contribution in [2.24, 2.45) is 5.92 Å². The lowest BCUT2D eigenvalue weighted by molar-refractivity contribution is -0.385. The van der Waals surface area contributed by atoms with Crippen LogP contribution in [0.25, 0.3) is 0 Å². The minimum absolute atomic E-state index is 0.00359. The lowest BCUT2D eigenvalue weighted by atomic mass is 10.1. The minimum Gasteiger partial charge on any atom is -0.496 e. The summed E-state index contributed by atoms with van der Waals surface area (Å²) in [5.74, 6) is 0.892. The summed E-state index contributed by atoms with van der Waals surface area (Å²) in [5.41, 5.74) is 0.761. The van der Waals surface area contributed by atoms with Crippen molar-refractivity contribution in [1.82, 2.24) is 5.32 Å². The van der Waals surface area contributed by atoms with Gasteiger partial charge in [0, 0.05) is 19.2 Å². The van der Waals surface area contributed by atoms with Crippen molar-refractivity contribution in [3.05, 3.63) is 33.9 Å². The summed E-state index contributed by atoms with van der Waals surface area (Å²) in [6.45, 7) is 5.01. The summed E-state index contributed by atoms with van der Waals surface area (Å²) in [6, 6.07) is 4.64. The first kappa shape index (κ1) is 16.4. The number of aliphatic hydroxyl groups is 1. The Balaban J connectivity index is 2.59. The summed E-state index contributed by atoms with van der Waals surface area (Å²) in [5, 5.41) is 23.7. The maximum absolute atomic E-state index is 10.8. The number of rotatable bonds is 8. The second-order valence-corrected chi connectivity index (χ2v) is 5.21. The van der Waals surface area contributed by atoms with E-state index in [2.05, 4.69) is 19.2 Å². The minimum atomic E-state index is -0.445. The van der Waals surface area contributed by atoms with E-state index in [0.717, 1.165) is 12.0 Å². The van der Waals surface area contributed by atoms with Gasteiger partial charge in [-0.3, -0.25) is 10.1 Å². The topological polar surface area (TPSA) is 84.6 Å². The molecule has 20 heavy (non-hydrogen) atoms. The van der Waals surface area contributed by atoms with E-state index >= 15 is 0 Å². The monoisotopic (exact) mass is 282 g/mol. The van der Waals surface area contributed by atoms with Crippen molar-refractivity contribution >= 4 is 5.69 Å². The van der Waals surface area contributed by atoms with Crippen LogP contribution in [0.1, 0.15) is 25.8 Å². The predicted octanol–water partition coefficient (Wildman–Crippen LogP) is 2.10. The predicted molar refractivity (Wildman–Crippen MR) is 76.8 cm³/mol. The number of benzene rings is 1. The average molecular weight is 282 g/mol. The zero-order valence-electron chi connectivity index (χ0n) is 12.1. The van der Waals surface area contributed by atoms with E-state index in [1.54, 1.807) is 6.07 Å². The maximum Gasteiger partial charge on any atom is 0.273 e. The van der Waals surface area contributed by atoms with Gasteiger partial charge in [-0.15, -0.1) is 0 Å². The molecule has 0 aliphatic carbocycles. The van der Waals surface area contributed by atoms with Crippen molar-refractivity contribution in [1.29, 1.82) is 0 Å². The molecule has 112 valence electrons. The molecule has 0 radical (unpaired) electrons. The van der Waals surface area contributed by atoms with E-state index in [4.69, 9.17) is 4.74 Å². The molecule has 2 N–H and O–H groups in total. The van der Waals surface area contributed by atoms with Crippen LogP contribution >= 0.6 is 0 Å². The summed E-state index contributed by atoms with van der Waals surface area (Å²) in [4.78, 5) is 10.4. The van der Waals surface area contributed by atoms with E-state index in [1.807, 2.05) is 0 Å². The molecule has 0 aromatic heterocycles. The van der Waals surface area contributed by atoms with E-state index in [1.165, 1.54) is 19.2 Å². The third kappa shape index (κ3) is 5.54. The molecule has 1 aromatic rings. The molecule has 1 unspecified atom stereocenters. The number of aliphatic hydroxyl groups excluding tert-OH is 1. The number of methoxy groups -OCH3 is 1. The van der Waals surface area contributed by atoms with E-state index < -0.39 is 11.0 Å². The van der Waals surface area contributed by atoms with Crippen LogP contribution in [-0.2, 0) is 6.54 Å². The van der Waals surface area contributed by atoms with E-state index in [-0.39, 0.29) is 5.69 Å². The average Bonchev–Trinajstić information content (AvgIpc) is 2.37. The van der Waals surface area contributed by atoms with Crippen LogP contribution in [0.4, 0.5) is 5.69 Å². The van der Waals surface area contributed by atoms with Crippen LogP contribution in [0, 0.1) is 16.0 Å². The van der Waals surface area contributed by atoms with Gasteiger partial charge in [0.05, 0.1) is 24.2 Å². The molecular weight excluding hydrogens is 260 g/mol. The first-order chi connectivity index (χ1) is 9.42. The Bertz CT molecular complexity index is 449. The Morgan fingerprint density at radius 2 is 2.10 bits per heavy atom. The zero-order chi connectivity index (χ0) is 15.1. The fourth-order valence-electron chi connectivity index (χ4n) is 1.98. The number of nitrogens with one attached hydrogen (secondary N) is 1. The Kier molecular flexibility index (Phi) is 6.41. The molecule has 0 amide bonds. The van der Waals surface area contributed by atoms with Crippen molar-refractivity contribution in [3.63, 3.8) is 0 Å². The van der Waals surface area contributed by atoms with Crippen molar-refractivity contribution in [2.45, 2.75) is 32.9 Å². The molecular formula is C14H22N2O4. The van der Waals surface area contributed by atoms with Gasteiger partial charge in [-0.05, 0) is 24.0 Å². The molecule has 0 saturated heterocycles. The van der Waals surface area contributed by atoms with Gasteiger partial charge in [0.25, 0.3) is 5.69 Å². The normalized spacial score (nSPS) is 12.4. The molecule has 1 aromatic carbocycles. The summed E-state index contributed by atoms with van der Waals surface area (Å²) >= 11 is 0. The SMILES string of the molecule is COc1cc(CNCC(O)CC(C)C)cc([N+](=O)[O-])c1. The first-order valence-corrected chi connectivity index (χ1v) is 6.63. The largest absolute Gasteiger partial charge is 0.496 e. The number of hydrogen-bond acceptors (Lipinski definition) is 5. The highest BCUT2D eigenvalue weighted by Crippen LogP contribution is 2.22. The molecule has 0 heterocycles. The Morgan fingerprint density at radius 1 is 1.40 bits per heavy atom. The van der Waals surface area contributed by atoms with Gasteiger partial charge in [0.15, 0.2) is 0 Å². The number of non-ortho nitro benzene ring substituents is 1.